The standard InChI is InChI=1S/C13H16N2O/c1-8(2)13-11-5-4-10(16-3)6-9(11)7-12(14)15-13/h4-8H,1-3H3,(H2,14,15). The lowest BCUT2D eigenvalue weighted by Crippen LogP contribution is -1.99. The van der Waals surface area contributed by atoms with Crippen molar-refractivity contribution < 1.29 is 4.74 Å². The SMILES string of the molecule is COc1ccc2c(C(C)C)nc(N)cc2c1. The van der Waals surface area contributed by atoms with Crippen molar-refractivity contribution in [2.75, 3.05) is 12.8 Å². The maximum absolute atomic E-state index is 5.80. The molecule has 16 heavy (non-hydrogen) atoms. The van der Waals surface area contributed by atoms with E-state index in [4.69, 9.17) is 10.5 Å². The molecular formula is C13H16N2O. The molecule has 0 aliphatic carbocycles. The van der Waals surface area contributed by atoms with Crippen molar-refractivity contribution >= 4 is 16.6 Å². The van der Waals surface area contributed by atoms with E-state index in [9.17, 15) is 0 Å². The van der Waals surface area contributed by atoms with Gasteiger partial charge in [0, 0.05) is 5.39 Å². The lowest BCUT2D eigenvalue weighted by atomic mass is 10.0. The zero-order valence-electron chi connectivity index (χ0n) is 9.82. The quantitative estimate of drug-likeness (QED) is 0.839. The van der Waals surface area contributed by atoms with Gasteiger partial charge in [0.15, 0.2) is 0 Å². The number of rotatable bonds is 2. The molecule has 0 fully saturated rings. The molecule has 1 heterocycles. The summed E-state index contributed by atoms with van der Waals surface area (Å²) in [6.45, 7) is 4.23. The van der Waals surface area contributed by atoms with E-state index in [1.807, 2.05) is 24.3 Å². The molecule has 0 aliphatic heterocycles. The summed E-state index contributed by atoms with van der Waals surface area (Å²) < 4.78 is 5.20. The van der Waals surface area contributed by atoms with Gasteiger partial charge in [-0.15, -0.1) is 0 Å². The largest absolute Gasteiger partial charge is 0.497 e. The summed E-state index contributed by atoms with van der Waals surface area (Å²) in [6, 6.07) is 7.85. The third-order valence-electron chi connectivity index (χ3n) is 2.63. The number of fused-ring (bicyclic) bond motifs is 1. The second-order valence-corrected chi connectivity index (χ2v) is 4.17. The fourth-order valence-corrected chi connectivity index (χ4v) is 1.85. The van der Waals surface area contributed by atoms with Gasteiger partial charge in [0.05, 0.1) is 12.8 Å². The van der Waals surface area contributed by atoms with Crippen molar-refractivity contribution in [1.29, 1.82) is 0 Å². The number of aromatic nitrogens is 1. The molecule has 84 valence electrons. The fourth-order valence-electron chi connectivity index (χ4n) is 1.85. The monoisotopic (exact) mass is 216 g/mol. The summed E-state index contributed by atoms with van der Waals surface area (Å²) in [4.78, 5) is 4.39. The van der Waals surface area contributed by atoms with E-state index >= 15 is 0 Å². The number of anilines is 1. The van der Waals surface area contributed by atoms with Crippen LogP contribution < -0.4 is 10.5 Å². The number of benzene rings is 1. The Kier molecular flexibility index (Phi) is 2.69. The van der Waals surface area contributed by atoms with Crippen molar-refractivity contribution in [1.82, 2.24) is 4.98 Å². The first-order chi connectivity index (χ1) is 7.61. The van der Waals surface area contributed by atoms with Crippen LogP contribution in [0.15, 0.2) is 24.3 Å². The van der Waals surface area contributed by atoms with Crippen LogP contribution in [-0.2, 0) is 0 Å². The van der Waals surface area contributed by atoms with E-state index in [0.29, 0.717) is 11.7 Å². The Balaban J connectivity index is 2.73. The molecule has 0 atom stereocenters. The number of hydrogen-bond donors (Lipinski definition) is 1. The molecule has 0 saturated carbocycles. The van der Waals surface area contributed by atoms with Gasteiger partial charge in [-0.05, 0) is 35.6 Å². The highest BCUT2D eigenvalue weighted by atomic mass is 16.5. The molecule has 0 amide bonds. The first-order valence-corrected chi connectivity index (χ1v) is 5.36. The van der Waals surface area contributed by atoms with Crippen LogP contribution in [0.4, 0.5) is 5.82 Å². The zero-order chi connectivity index (χ0) is 11.7. The van der Waals surface area contributed by atoms with Crippen molar-refractivity contribution in [3.63, 3.8) is 0 Å². The smallest absolute Gasteiger partial charge is 0.124 e. The van der Waals surface area contributed by atoms with Gasteiger partial charge < -0.3 is 10.5 Å². The Hall–Kier alpha value is -1.77. The molecule has 2 aromatic rings. The molecular weight excluding hydrogens is 200 g/mol. The lowest BCUT2D eigenvalue weighted by Gasteiger charge is -2.11. The average Bonchev–Trinajstić information content (AvgIpc) is 2.26. The first-order valence-electron chi connectivity index (χ1n) is 5.36. The van der Waals surface area contributed by atoms with Gasteiger partial charge >= 0.3 is 0 Å². The summed E-state index contributed by atoms with van der Waals surface area (Å²) in [5.74, 6) is 1.76. The van der Waals surface area contributed by atoms with E-state index in [0.717, 1.165) is 22.2 Å². The Morgan fingerprint density at radius 1 is 1.25 bits per heavy atom. The predicted molar refractivity (Wildman–Crippen MR) is 66.8 cm³/mol. The topological polar surface area (TPSA) is 48.1 Å². The number of nitrogens with zero attached hydrogens (tertiary/aromatic N) is 1. The molecule has 2 rings (SSSR count). The Bertz CT molecular complexity index is 521. The van der Waals surface area contributed by atoms with Gasteiger partial charge in [-0.2, -0.15) is 0 Å². The van der Waals surface area contributed by atoms with E-state index in [-0.39, 0.29) is 0 Å². The van der Waals surface area contributed by atoms with Crippen LogP contribution in [0.1, 0.15) is 25.5 Å². The third-order valence-corrected chi connectivity index (χ3v) is 2.63. The highest BCUT2D eigenvalue weighted by Crippen LogP contribution is 2.28. The van der Waals surface area contributed by atoms with Crippen LogP contribution in [0.5, 0.6) is 5.75 Å². The van der Waals surface area contributed by atoms with Crippen molar-refractivity contribution in [2.24, 2.45) is 0 Å². The Morgan fingerprint density at radius 2 is 2.00 bits per heavy atom. The second-order valence-electron chi connectivity index (χ2n) is 4.17. The zero-order valence-corrected chi connectivity index (χ0v) is 9.82. The fraction of sp³-hybridized carbons (Fsp3) is 0.308. The van der Waals surface area contributed by atoms with E-state index in [1.54, 1.807) is 7.11 Å². The summed E-state index contributed by atoms with van der Waals surface area (Å²) in [7, 11) is 1.66. The molecule has 0 bridgehead atoms. The maximum atomic E-state index is 5.80. The minimum absolute atomic E-state index is 0.361. The molecule has 1 aromatic heterocycles. The number of nitrogens with two attached hydrogens (primary N) is 1. The van der Waals surface area contributed by atoms with Crippen LogP contribution in [0, 0.1) is 0 Å². The number of ether oxygens (including phenoxy) is 1. The van der Waals surface area contributed by atoms with Crippen LogP contribution >= 0.6 is 0 Å². The minimum atomic E-state index is 0.361. The molecule has 0 aliphatic rings. The molecule has 0 saturated heterocycles. The van der Waals surface area contributed by atoms with Gasteiger partial charge in [-0.1, -0.05) is 13.8 Å². The first kappa shape index (κ1) is 10.7. The lowest BCUT2D eigenvalue weighted by molar-refractivity contribution is 0.415. The molecule has 0 unspecified atom stereocenters. The Morgan fingerprint density at radius 3 is 2.62 bits per heavy atom. The maximum Gasteiger partial charge on any atom is 0.124 e. The summed E-state index contributed by atoms with van der Waals surface area (Å²) in [5.41, 5.74) is 6.84. The normalized spacial score (nSPS) is 11.0. The number of hydrogen-bond acceptors (Lipinski definition) is 3. The molecule has 1 aromatic carbocycles. The number of methoxy groups -OCH3 is 1. The van der Waals surface area contributed by atoms with Crippen molar-refractivity contribution in [3.05, 3.63) is 30.0 Å². The Labute approximate surface area is 95.2 Å². The third kappa shape index (κ3) is 1.81. The van der Waals surface area contributed by atoms with E-state index < -0.39 is 0 Å². The second kappa shape index (κ2) is 4.00. The van der Waals surface area contributed by atoms with Crippen LogP contribution in [0.25, 0.3) is 10.8 Å². The van der Waals surface area contributed by atoms with Crippen molar-refractivity contribution in [2.45, 2.75) is 19.8 Å². The van der Waals surface area contributed by atoms with Crippen molar-refractivity contribution in [3.8, 4) is 5.75 Å². The molecule has 0 spiro atoms. The van der Waals surface area contributed by atoms with Gasteiger partial charge in [-0.3, -0.25) is 0 Å². The molecule has 3 nitrogen and oxygen atoms in total. The summed E-state index contributed by atoms with van der Waals surface area (Å²) in [6.07, 6.45) is 0. The highest BCUT2D eigenvalue weighted by Gasteiger charge is 2.08. The highest BCUT2D eigenvalue weighted by molar-refractivity contribution is 5.88. The van der Waals surface area contributed by atoms with E-state index in [1.165, 1.54) is 0 Å². The number of pyridine rings is 1. The van der Waals surface area contributed by atoms with E-state index in [2.05, 4.69) is 18.8 Å². The molecule has 2 N–H and O–H groups in total. The molecule has 3 heteroatoms. The van der Waals surface area contributed by atoms with Gasteiger partial charge in [0.25, 0.3) is 0 Å². The van der Waals surface area contributed by atoms with Gasteiger partial charge in [0.1, 0.15) is 11.6 Å². The number of nitrogen functional groups attached to an aromatic ring is 1. The summed E-state index contributed by atoms with van der Waals surface area (Å²) >= 11 is 0. The average molecular weight is 216 g/mol. The van der Waals surface area contributed by atoms with Gasteiger partial charge in [-0.25, -0.2) is 4.98 Å². The van der Waals surface area contributed by atoms with Crippen LogP contribution in [0.2, 0.25) is 0 Å². The summed E-state index contributed by atoms with van der Waals surface area (Å²) in [5, 5.41) is 2.22. The minimum Gasteiger partial charge on any atom is -0.497 e. The molecule has 0 radical (unpaired) electrons. The van der Waals surface area contributed by atoms with Crippen LogP contribution in [-0.4, -0.2) is 12.1 Å². The predicted octanol–water partition coefficient (Wildman–Crippen LogP) is 2.95. The van der Waals surface area contributed by atoms with Gasteiger partial charge in [0.2, 0.25) is 0 Å². The van der Waals surface area contributed by atoms with Crippen LogP contribution in [0.3, 0.4) is 0 Å².